The largest absolute Gasteiger partial charge is 0.294 e. The van der Waals surface area contributed by atoms with E-state index in [0.29, 0.717) is 0 Å². The average molecular weight is 169 g/mol. The van der Waals surface area contributed by atoms with Crippen molar-refractivity contribution in [3.63, 3.8) is 0 Å². The molecule has 0 bridgehead atoms. The van der Waals surface area contributed by atoms with Crippen molar-refractivity contribution >= 4 is 5.71 Å². The molecule has 0 aliphatic carbocycles. The van der Waals surface area contributed by atoms with Crippen LogP contribution in [0, 0.1) is 0 Å². The normalized spacial score (nSPS) is 9.92. The van der Waals surface area contributed by atoms with Gasteiger partial charge in [-0.2, -0.15) is 0 Å². The Morgan fingerprint density at radius 2 is 1.42 bits per heavy atom. The second-order valence-corrected chi connectivity index (χ2v) is 3.25. The maximum atomic E-state index is 4.52. The van der Waals surface area contributed by atoms with Crippen LogP contribution in [0.2, 0.25) is 0 Å². The Labute approximate surface area is 77.3 Å². The summed E-state index contributed by atoms with van der Waals surface area (Å²) in [6.07, 6.45) is 7.64. The topological polar surface area (TPSA) is 12.4 Å². The molecular formula is C11H23N. The zero-order valence-corrected chi connectivity index (χ0v) is 8.90. The van der Waals surface area contributed by atoms with Crippen LogP contribution in [0.5, 0.6) is 0 Å². The Bertz CT molecular complexity index is 106. The first-order valence-electron chi connectivity index (χ1n) is 5.37. The molecule has 0 fully saturated rings. The van der Waals surface area contributed by atoms with Crippen molar-refractivity contribution in [2.75, 3.05) is 6.54 Å². The minimum Gasteiger partial charge on any atom is -0.294 e. The van der Waals surface area contributed by atoms with Gasteiger partial charge in [0.15, 0.2) is 0 Å². The molecule has 0 aliphatic heterocycles. The maximum Gasteiger partial charge on any atom is 0.0360 e. The molecule has 0 rings (SSSR count). The molecule has 0 heterocycles. The highest BCUT2D eigenvalue weighted by atomic mass is 14.7. The van der Waals surface area contributed by atoms with Crippen molar-refractivity contribution in [2.45, 2.75) is 59.3 Å². The van der Waals surface area contributed by atoms with Gasteiger partial charge in [0.1, 0.15) is 0 Å². The standard InChI is InChI=1S/C11H23N/c1-4-7-9-11(12-6-3)10-8-5-2/h4-10H2,1-3H3. The van der Waals surface area contributed by atoms with Crippen LogP contribution < -0.4 is 0 Å². The second kappa shape index (κ2) is 8.76. The first-order valence-corrected chi connectivity index (χ1v) is 5.37. The predicted octanol–water partition coefficient (Wildman–Crippen LogP) is 3.83. The molecule has 0 atom stereocenters. The molecule has 0 unspecified atom stereocenters. The maximum absolute atomic E-state index is 4.52. The van der Waals surface area contributed by atoms with E-state index >= 15 is 0 Å². The van der Waals surface area contributed by atoms with Gasteiger partial charge in [0, 0.05) is 12.3 Å². The highest BCUT2D eigenvalue weighted by Crippen LogP contribution is 2.05. The fraction of sp³-hybridized carbons (Fsp3) is 0.909. The zero-order chi connectivity index (χ0) is 9.23. The van der Waals surface area contributed by atoms with E-state index in [1.54, 1.807) is 0 Å². The summed E-state index contributed by atoms with van der Waals surface area (Å²) in [5.41, 5.74) is 1.45. The highest BCUT2D eigenvalue weighted by Gasteiger charge is 1.96. The van der Waals surface area contributed by atoms with Gasteiger partial charge in [-0.1, -0.05) is 26.7 Å². The Morgan fingerprint density at radius 1 is 0.917 bits per heavy atom. The van der Waals surface area contributed by atoms with E-state index < -0.39 is 0 Å². The number of rotatable bonds is 7. The van der Waals surface area contributed by atoms with Gasteiger partial charge in [-0.3, -0.25) is 4.99 Å². The van der Waals surface area contributed by atoms with Gasteiger partial charge >= 0.3 is 0 Å². The van der Waals surface area contributed by atoms with E-state index in [-0.39, 0.29) is 0 Å². The monoisotopic (exact) mass is 169 g/mol. The van der Waals surface area contributed by atoms with Gasteiger partial charge in [-0.15, -0.1) is 0 Å². The summed E-state index contributed by atoms with van der Waals surface area (Å²) >= 11 is 0. The van der Waals surface area contributed by atoms with Crippen LogP contribution in [-0.4, -0.2) is 12.3 Å². The molecule has 0 aromatic heterocycles. The quantitative estimate of drug-likeness (QED) is 0.514. The third-order valence-electron chi connectivity index (χ3n) is 2.02. The van der Waals surface area contributed by atoms with E-state index in [9.17, 15) is 0 Å². The van der Waals surface area contributed by atoms with Crippen molar-refractivity contribution in [1.82, 2.24) is 0 Å². The van der Waals surface area contributed by atoms with Gasteiger partial charge in [-0.25, -0.2) is 0 Å². The summed E-state index contributed by atoms with van der Waals surface area (Å²) in [5, 5.41) is 0. The molecule has 0 aliphatic rings. The molecule has 1 heteroatoms. The Balaban J connectivity index is 3.62. The van der Waals surface area contributed by atoms with Crippen LogP contribution in [0.15, 0.2) is 4.99 Å². The van der Waals surface area contributed by atoms with Gasteiger partial charge in [-0.05, 0) is 32.6 Å². The molecule has 0 saturated heterocycles. The smallest absolute Gasteiger partial charge is 0.0360 e. The van der Waals surface area contributed by atoms with E-state index in [1.807, 2.05) is 0 Å². The predicted molar refractivity (Wildman–Crippen MR) is 57.0 cm³/mol. The van der Waals surface area contributed by atoms with Gasteiger partial charge < -0.3 is 0 Å². The zero-order valence-electron chi connectivity index (χ0n) is 8.90. The lowest BCUT2D eigenvalue weighted by Crippen LogP contribution is -1.99. The average Bonchev–Trinajstić information content (AvgIpc) is 2.10. The summed E-state index contributed by atoms with van der Waals surface area (Å²) in [6.45, 7) is 7.56. The number of unbranched alkanes of at least 4 members (excludes halogenated alkanes) is 2. The summed E-state index contributed by atoms with van der Waals surface area (Å²) in [4.78, 5) is 4.52. The third-order valence-corrected chi connectivity index (χ3v) is 2.02. The minimum absolute atomic E-state index is 0.961. The summed E-state index contributed by atoms with van der Waals surface area (Å²) in [7, 11) is 0. The lowest BCUT2D eigenvalue weighted by Gasteiger charge is -2.03. The molecule has 1 nitrogen and oxygen atoms in total. The molecule has 0 amide bonds. The molecular weight excluding hydrogens is 146 g/mol. The Hall–Kier alpha value is -0.330. The molecule has 0 saturated carbocycles. The number of hydrogen-bond acceptors (Lipinski definition) is 1. The number of nitrogens with zero attached hydrogens (tertiary/aromatic N) is 1. The van der Waals surface area contributed by atoms with Crippen LogP contribution >= 0.6 is 0 Å². The van der Waals surface area contributed by atoms with Gasteiger partial charge in [0.25, 0.3) is 0 Å². The van der Waals surface area contributed by atoms with Crippen molar-refractivity contribution < 1.29 is 0 Å². The second-order valence-electron chi connectivity index (χ2n) is 3.25. The van der Waals surface area contributed by atoms with Crippen molar-refractivity contribution in [1.29, 1.82) is 0 Å². The first kappa shape index (κ1) is 11.7. The summed E-state index contributed by atoms with van der Waals surface area (Å²) in [6, 6.07) is 0. The SMILES string of the molecule is CCCCC(CCCC)=NCC. The van der Waals surface area contributed by atoms with Crippen molar-refractivity contribution in [2.24, 2.45) is 4.99 Å². The fourth-order valence-electron chi connectivity index (χ4n) is 1.27. The van der Waals surface area contributed by atoms with Gasteiger partial charge in [0.2, 0.25) is 0 Å². The third kappa shape index (κ3) is 6.38. The lowest BCUT2D eigenvalue weighted by molar-refractivity contribution is 0.781. The Kier molecular flexibility index (Phi) is 8.52. The van der Waals surface area contributed by atoms with Crippen LogP contribution in [0.25, 0.3) is 0 Å². The summed E-state index contributed by atoms with van der Waals surface area (Å²) in [5.74, 6) is 0. The van der Waals surface area contributed by atoms with Gasteiger partial charge in [0.05, 0.1) is 0 Å². The van der Waals surface area contributed by atoms with E-state index in [0.717, 1.165) is 6.54 Å². The number of hydrogen-bond donors (Lipinski definition) is 0. The fourth-order valence-corrected chi connectivity index (χ4v) is 1.27. The van der Waals surface area contributed by atoms with E-state index in [1.165, 1.54) is 44.2 Å². The van der Waals surface area contributed by atoms with Crippen molar-refractivity contribution in [3.05, 3.63) is 0 Å². The van der Waals surface area contributed by atoms with Crippen LogP contribution in [-0.2, 0) is 0 Å². The minimum atomic E-state index is 0.961. The number of aliphatic imine (C=N–C) groups is 1. The Morgan fingerprint density at radius 3 is 1.75 bits per heavy atom. The van der Waals surface area contributed by atoms with Crippen LogP contribution in [0.4, 0.5) is 0 Å². The summed E-state index contributed by atoms with van der Waals surface area (Å²) < 4.78 is 0. The lowest BCUT2D eigenvalue weighted by atomic mass is 10.1. The van der Waals surface area contributed by atoms with Crippen LogP contribution in [0.1, 0.15) is 59.3 Å². The molecule has 72 valence electrons. The molecule has 0 radical (unpaired) electrons. The molecule has 0 spiro atoms. The van der Waals surface area contributed by atoms with Crippen LogP contribution in [0.3, 0.4) is 0 Å². The molecule has 12 heavy (non-hydrogen) atoms. The molecule has 0 N–H and O–H groups in total. The molecule has 0 aromatic carbocycles. The molecule has 0 aromatic rings. The van der Waals surface area contributed by atoms with E-state index in [4.69, 9.17) is 0 Å². The highest BCUT2D eigenvalue weighted by molar-refractivity contribution is 5.84. The van der Waals surface area contributed by atoms with Crippen molar-refractivity contribution in [3.8, 4) is 0 Å². The van der Waals surface area contributed by atoms with E-state index in [2.05, 4.69) is 25.8 Å². The first-order chi connectivity index (χ1) is 5.85.